The molecular formula is C20H29N3O2. The average molecular weight is 343 g/mol. The van der Waals surface area contributed by atoms with E-state index in [1.54, 1.807) is 4.90 Å². The average Bonchev–Trinajstić information content (AvgIpc) is 3.03. The molecule has 2 fully saturated rings. The van der Waals surface area contributed by atoms with E-state index < -0.39 is 0 Å². The second-order valence-corrected chi connectivity index (χ2v) is 7.47. The zero-order valence-electron chi connectivity index (χ0n) is 15.6. The van der Waals surface area contributed by atoms with Gasteiger partial charge in [-0.05, 0) is 51.1 Å². The Hall–Kier alpha value is -1.88. The Labute approximate surface area is 150 Å². The van der Waals surface area contributed by atoms with Crippen molar-refractivity contribution in [1.82, 2.24) is 9.80 Å². The molecular weight excluding hydrogens is 314 g/mol. The minimum atomic E-state index is -0.209. The van der Waals surface area contributed by atoms with E-state index in [2.05, 4.69) is 38.1 Å². The molecule has 2 aliphatic heterocycles. The number of amides is 2. The van der Waals surface area contributed by atoms with Gasteiger partial charge in [-0.25, -0.2) is 0 Å². The number of rotatable bonds is 4. The van der Waals surface area contributed by atoms with Gasteiger partial charge in [-0.1, -0.05) is 19.1 Å². The molecule has 0 saturated carbocycles. The van der Waals surface area contributed by atoms with Gasteiger partial charge >= 0.3 is 0 Å². The van der Waals surface area contributed by atoms with Crippen LogP contribution in [0.25, 0.3) is 0 Å². The highest BCUT2D eigenvalue weighted by molar-refractivity contribution is 6.00. The topological polar surface area (TPSA) is 43.9 Å². The summed E-state index contributed by atoms with van der Waals surface area (Å²) < 4.78 is 0. The third-order valence-electron chi connectivity index (χ3n) is 5.57. The van der Waals surface area contributed by atoms with Crippen LogP contribution in [-0.2, 0) is 16.0 Å². The Bertz CT molecular complexity index is 626. The van der Waals surface area contributed by atoms with Crippen molar-refractivity contribution in [3.63, 3.8) is 0 Å². The number of piperidine rings is 1. The van der Waals surface area contributed by atoms with Crippen LogP contribution in [0, 0.1) is 5.92 Å². The zero-order valence-corrected chi connectivity index (χ0v) is 15.6. The van der Waals surface area contributed by atoms with E-state index in [0.29, 0.717) is 19.0 Å². The highest BCUT2D eigenvalue weighted by atomic mass is 16.2. The molecule has 0 spiro atoms. The maximum Gasteiger partial charge on any atom is 0.228 e. The smallest absolute Gasteiger partial charge is 0.228 e. The molecule has 0 aliphatic carbocycles. The number of carbonyl (C=O) groups excluding carboxylic acids is 2. The normalized spacial score (nSPS) is 24.2. The Morgan fingerprint density at radius 1 is 1.20 bits per heavy atom. The molecule has 3 rings (SSSR count). The van der Waals surface area contributed by atoms with Gasteiger partial charge < -0.3 is 14.7 Å². The van der Waals surface area contributed by atoms with Crippen molar-refractivity contribution in [2.45, 2.75) is 38.6 Å². The van der Waals surface area contributed by atoms with E-state index in [1.165, 1.54) is 5.56 Å². The van der Waals surface area contributed by atoms with E-state index >= 15 is 0 Å². The quantitative estimate of drug-likeness (QED) is 0.841. The summed E-state index contributed by atoms with van der Waals surface area (Å²) in [5.41, 5.74) is 2.16. The van der Waals surface area contributed by atoms with Crippen LogP contribution in [0.15, 0.2) is 24.3 Å². The minimum absolute atomic E-state index is 0.0590. The van der Waals surface area contributed by atoms with Crippen molar-refractivity contribution in [3.05, 3.63) is 29.8 Å². The lowest BCUT2D eigenvalue weighted by Gasteiger charge is -2.37. The fourth-order valence-corrected chi connectivity index (χ4v) is 3.87. The summed E-state index contributed by atoms with van der Waals surface area (Å²) in [4.78, 5) is 31.3. The van der Waals surface area contributed by atoms with Crippen molar-refractivity contribution in [2.75, 3.05) is 38.6 Å². The van der Waals surface area contributed by atoms with Crippen LogP contribution < -0.4 is 4.90 Å². The first-order valence-corrected chi connectivity index (χ1v) is 9.34. The molecule has 0 bridgehead atoms. The summed E-state index contributed by atoms with van der Waals surface area (Å²) in [6, 6.07) is 8.53. The third-order valence-corrected chi connectivity index (χ3v) is 5.57. The standard InChI is InChI=1S/C20H29N3O2/c1-4-15-7-9-17(10-8-15)23-13-16(12-19(23)24)20(25)22-11-5-6-18(14-22)21(2)3/h7-10,16,18H,4-6,11-14H2,1-3H3. The molecule has 5 heteroatoms. The van der Waals surface area contributed by atoms with Gasteiger partial charge in [0.2, 0.25) is 11.8 Å². The van der Waals surface area contributed by atoms with Gasteiger partial charge in [-0.3, -0.25) is 9.59 Å². The molecule has 2 aliphatic rings. The van der Waals surface area contributed by atoms with Gasteiger partial charge in [0.05, 0.1) is 5.92 Å². The van der Waals surface area contributed by atoms with Crippen molar-refractivity contribution >= 4 is 17.5 Å². The molecule has 1 aromatic rings. The van der Waals surface area contributed by atoms with Crippen LogP contribution in [0.5, 0.6) is 0 Å². The molecule has 0 radical (unpaired) electrons. The fourth-order valence-electron chi connectivity index (χ4n) is 3.87. The molecule has 136 valence electrons. The lowest BCUT2D eigenvalue weighted by atomic mass is 10.0. The number of benzene rings is 1. The van der Waals surface area contributed by atoms with Crippen LogP contribution in [0.2, 0.25) is 0 Å². The number of hydrogen-bond donors (Lipinski definition) is 0. The van der Waals surface area contributed by atoms with Crippen LogP contribution >= 0.6 is 0 Å². The van der Waals surface area contributed by atoms with Crippen LogP contribution in [0.1, 0.15) is 31.7 Å². The second kappa shape index (κ2) is 7.56. The van der Waals surface area contributed by atoms with E-state index in [4.69, 9.17) is 0 Å². The molecule has 2 heterocycles. The first-order chi connectivity index (χ1) is 12.0. The summed E-state index contributed by atoms with van der Waals surface area (Å²) in [6.45, 7) is 4.22. The van der Waals surface area contributed by atoms with Crippen LogP contribution in [0.3, 0.4) is 0 Å². The van der Waals surface area contributed by atoms with Crippen molar-refractivity contribution in [3.8, 4) is 0 Å². The SMILES string of the molecule is CCc1ccc(N2CC(C(=O)N3CCCC(N(C)C)C3)CC2=O)cc1. The van der Waals surface area contributed by atoms with Crippen molar-refractivity contribution < 1.29 is 9.59 Å². The first-order valence-electron chi connectivity index (χ1n) is 9.34. The monoisotopic (exact) mass is 343 g/mol. The minimum Gasteiger partial charge on any atom is -0.341 e. The Kier molecular flexibility index (Phi) is 5.42. The van der Waals surface area contributed by atoms with Gasteiger partial charge in [0.1, 0.15) is 0 Å². The Morgan fingerprint density at radius 3 is 2.56 bits per heavy atom. The molecule has 2 atom stereocenters. The summed E-state index contributed by atoms with van der Waals surface area (Å²) in [5, 5.41) is 0. The summed E-state index contributed by atoms with van der Waals surface area (Å²) in [6.07, 6.45) is 3.49. The highest BCUT2D eigenvalue weighted by Gasteiger charge is 2.38. The molecule has 5 nitrogen and oxygen atoms in total. The lowest BCUT2D eigenvalue weighted by molar-refractivity contribution is -0.137. The van der Waals surface area contributed by atoms with Crippen LogP contribution in [0.4, 0.5) is 5.69 Å². The van der Waals surface area contributed by atoms with Gasteiger partial charge in [0, 0.05) is 37.8 Å². The van der Waals surface area contributed by atoms with Crippen molar-refractivity contribution in [2.24, 2.45) is 5.92 Å². The van der Waals surface area contributed by atoms with E-state index in [9.17, 15) is 9.59 Å². The Balaban J connectivity index is 1.66. The van der Waals surface area contributed by atoms with E-state index in [0.717, 1.165) is 38.0 Å². The molecule has 0 aromatic heterocycles. The summed E-state index contributed by atoms with van der Waals surface area (Å²) in [5.74, 6) is -0.00407. The van der Waals surface area contributed by atoms with Crippen LogP contribution in [-0.4, -0.2) is 61.4 Å². The predicted octanol–water partition coefficient (Wildman–Crippen LogP) is 2.15. The summed E-state index contributed by atoms with van der Waals surface area (Å²) >= 11 is 0. The number of nitrogens with zero attached hydrogens (tertiary/aromatic N) is 3. The number of likely N-dealkylation sites (N-methyl/N-ethyl adjacent to an activating group) is 1. The molecule has 2 unspecified atom stereocenters. The number of anilines is 1. The number of carbonyl (C=O) groups is 2. The number of hydrogen-bond acceptors (Lipinski definition) is 3. The Morgan fingerprint density at radius 2 is 1.92 bits per heavy atom. The summed E-state index contributed by atoms with van der Waals surface area (Å²) in [7, 11) is 4.14. The molecule has 1 aromatic carbocycles. The zero-order chi connectivity index (χ0) is 18.0. The highest BCUT2D eigenvalue weighted by Crippen LogP contribution is 2.28. The number of likely N-dealkylation sites (tertiary alicyclic amines) is 1. The van der Waals surface area contributed by atoms with Gasteiger partial charge in [-0.15, -0.1) is 0 Å². The predicted molar refractivity (Wildman–Crippen MR) is 99.6 cm³/mol. The maximum atomic E-state index is 12.9. The molecule has 0 N–H and O–H groups in total. The van der Waals surface area contributed by atoms with Crippen molar-refractivity contribution in [1.29, 1.82) is 0 Å². The first kappa shape index (κ1) is 17.9. The maximum absolute atomic E-state index is 12.9. The third kappa shape index (κ3) is 3.87. The molecule has 2 saturated heterocycles. The number of aryl methyl sites for hydroxylation is 1. The largest absolute Gasteiger partial charge is 0.341 e. The van der Waals surface area contributed by atoms with Gasteiger partial charge in [-0.2, -0.15) is 0 Å². The van der Waals surface area contributed by atoms with E-state index in [1.807, 2.05) is 17.0 Å². The lowest BCUT2D eigenvalue weighted by Crippen LogP contribution is -2.49. The van der Waals surface area contributed by atoms with E-state index in [-0.39, 0.29) is 17.7 Å². The fraction of sp³-hybridized carbons (Fsp3) is 0.600. The van der Waals surface area contributed by atoms with Gasteiger partial charge in [0.25, 0.3) is 0 Å². The molecule has 25 heavy (non-hydrogen) atoms. The second-order valence-electron chi connectivity index (χ2n) is 7.47. The molecule has 2 amide bonds. The van der Waals surface area contributed by atoms with Gasteiger partial charge in [0.15, 0.2) is 0 Å².